The lowest BCUT2D eigenvalue weighted by Gasteiger charge is -2.31. The van der Waals surface area contributed by atoms with E-state index in [9.17, 15) is 9.59 Å². The number of carbonyl (C=O) groups excluding carboxylic acids is 1. The fraction of sp³-hybridized carbons (Fsp3) is 0.529. The summed E-state index contributed by atoms with van der Waals surface area (Å²) in [5, 5.41) is 9.05. The normalized spacial score (nSPS) is 15.3. The van der Waals surface area contributed by atoms with Crippen molar-refractivity contribution in [3.8, 4) is 0 Å². The first-order chi connectivity index (χ1) is 10.5. The Hall–Kier alpha value is -1.49. The fourth-order valence-electron chi connectivity index (χ4n) is 2.61. The molecule has 1 N–H and O–H groups in total. The third-order valence-electron chi connectivity index (χ3n) is 3.99. The summed E-state index contributed by atoms with van der Waals surface area (Å²) in [6.45, 7) is 5.35. The number of carboxylic acids is 1. The smallest absolute Gasteiger partial charge is 0.335 e. The van der Waals surface area contributed by atoms with Gasteiger partial charge in [0.25, 0.3) is 0 Å². The Balaban J connectivity index is 2.02. The molecule has 0 bridgehead atoms. The molecule has 0 spiro atoms. The van der Waals surface area contributed by atoms with Gasteiger partial charge >= 0.3 is 5.97 Å². The molecule has 1 atom stereocenters. The second-order valence-corrected chi connectivity index (χ2v) is 7.11. The SMILES string of the molecule is CCCCSC(C)C(=O)N1CCc2ccc(C(=O)O)cc2C1. The molecule has 1 aliphatic rings. The second-order valence-electron chi connectivity index (χ2n) is 5.67. The van der Waals surface area contributed by atoms with Gasteiger partial charge in [-0.15, -0.1) is 11.8 Å². The molecule has 1 aromatic carbocycles. The van der Waals surface area contributed by atoms with Crippen LogP contribution in [0.3, 0.4) is 0 Å². The van der Waals surface area contributed by atoms with Crippen LogP contribution >= 0.6 is 11.8 Å². The van der Waals surface area contributed by atoms with Crippen molar-refractivity contribution in [2.24, 2.45) is 0 Å². The van der Waals surface area contributed by atoms with Crippen LogP contribution < -0.4 is 0 Å². The molecule has 22 heavy (non-hydrogen) atoms. The molecule has 0 aromatic heterocycles. The summed E-state index contributed by atoms with van der Waals surface area (Å²) in [7, 11) is 0. The number of aromatic carboxylic acids is 1. The van der Waals surface area contributed by atoms with E-state index in [0.717, 1.165) is 42.7 Å². The van der Waals surface area contributed by atoms with Crippen molar-refractivity contribution in [2.45, 2.75) is 44.9 Å². The highest BCUT2D eigenvalue weighted by Crippen LogP contribution is 2.23. The number of carbonyl (C=O) groups is 2. The highest BCUT2D eigenvalue weighted by Gasteiger charge is 2.25. The van der Waals surface area contributed by atoms with Gasteiger partial charge in [0.1, 0.15) is 0 Å². The summed E-state index contributed by atoms with van der Waals surface area (Å²) in [5.74, 6) is 0.249. The Kier molecular flexibility index (Phi) is 5.89. The van der Waals surface area contributed by atoms with Crippen molar-refractivity contribution in [1.29, 1.82) is 0 Å². The van der Waals surface area contributed by atoms with E-state index in [1.165, 1.54) is 0 Å². The van der Waals surface area contributed by atoms with E-state index in [4.69, 9.17) is 5.11 Å². The molecule has 0 aliphatic carbocycles. The monoisotopic (exact) mass is 321 g/mol. The van der Waals surface area contributed by atoms with Gasteiger partial charge in [-0.2, -0.15) is 0 Å². The zero-order valence-corrected chi connectivity index (χ0v) is 14.0. The van der Waals surface area contributed by atoms with Crippen LogP contribution in [-0.4, -0.2) is 39.4 Å². The summed E-state index contributed by atoms with van der Waals surface area (Å²) >= 11 is 1.71. The molecular weight excluding hydrogens is 298 g/mol. The standard InChI is InChI=1S/C17H23NO3S/c1-3-4-9-22-12(2)16(19)18-8-7-13-5-6-14(17(20)21)10-15(13)11-18/h5-6,10,12H,3-4,7-9,11H2,1-2H3,(H,20,21). The van der Waals surface area contributed by atoms with Crippen LogP contribution in [-0.2, 0) is 17.8 Å². The summed E-state index contributed by atoms with van der Waals surface area (Å²) in [6, 6.07) is 5.22. The van der Waals surface area contributed by atoms with E-state index in [0.29, 0.717) is 12.1 Å². The Labute approximate surface area is 135 Å². The van der Waals surface area contributed by atoms with E-state index >= 15 is 0 Å². The molecule has 120 valence electrons. The van der Waals surface area contributed by atoms with Crippen molar-refractivity contribution in [2.75, 3.05) is 12.3 Å². The molecule has 0 saturated carbocycles. The van der Waals surface area contributed by atoms with E-state index in [1.54, 1.807) is 23.9 Å². The molecule has 1 amide bonds. The molecule has 0 saturated heterocycles. The highest BCUT2D eigenvalue weighted by molar-refractivity contribution is 8.00. The van der Waals surface area contributed by atoms with Gasteiger partial charge in [-0.05, 0) is 48.8 Å². The Morgan fingerprint density at radius 3 is 2.82 bits per heavy atom. The van der Waals surface area contributed by atoms with Crippen molar-refractivity contribution in [3.05, 3.63) is 34.9 Å². The van der Waals surface area contributed by atoms with Crippen LogP contribution in [0.4, 0.5) is 0 Å². The molecule has 2 rings (SSSR count). The maximum atomic E-state index is 12.5. The van der Waals surface area contributed by atoms with Gasteiger partial charge in [-0.25, -0.2) is 4.79 Å². The number of hydrogen-bond acceptors (Lipinski definition) is 3. The number of rotatable bonds is 6. The van der Waals surface area contributed by atoms with Crippen LogP contribution in [0.2, 0.25) is 0 Å². The highest BCUT2D eigenvalue weighted by atomic mass is 32.2. The average molecular weight is 321 g/mol. The van der Waals surface area contributed by atoms with Gasteiger partial charge in [0.05, 0.1) is 10.8 Å². The van der Waals surface area contributed by atoms with Gasteiger partial charge in [0.15, 0.2) is 0 Å². The lowest BCUT2D eigenvalue weighted by molar-refractivity contribution is -0.131. The number of fused-ring (bicyclic) bond motifs is 1. The van der Waals surface area contributed by atoms with E-state index in [1.807, 2.05) is 17.9 Å². The first-order valence-electron chi connectivity index (χ1n) is 7.78. The molecular formula is C17H23NO3S. The molecule has 5 heteroatoms. The molecule has 4 nitrogen and oxygen atoms in total. The Bertz CT molecular complexity index is 559. The average Bonchev–Trinajstić information content (AvgIpc) is 2.53. The third-order valence-corrected chi connectivity index (χ3v) is 5.22. The zero-order valence-electron chi connectivity index (χ0n) is 13.2. The number of nitrogens with zero attached hydrogens (tertiary/aromatic N) is 1. The Morgan fingerprint density at radius 1 is 1.36 bits per heavy atom. The van der Waals surface area contributed by atoms with E-state index in [2.05, 4.69) is 6.92 Å². The third kappa shape index (κ3) is 4.03. The number of amides is 1. The van der Waals surface area contributed by atoms with Crippen LogP contribution in [0.1, 0.15) is 48.2 Å². The lowest BCUT2D eigenvalue weighted by Crippen LogP contribution is -2.40. The maximum absolute atomic E-state index is 12.5. The largest absolute Gasteiger partial charge is 0.478 e. The molecule has 1 heterocycles. The predicted octanol–water partition coefficient (Wildman–Crippen LogP) is 3.19. The Morgan fingerprint density at radius 2 is 2.14 bits per heavy atom. The van der Waals surface area contributed by atoms with Crippen molar-refractivity contribution < 1.29 is 14.7 Å². The van der Waals surface area contributed by atoms with Gasteiger partial charge < -0.3 is 10.0 Å². The van der Waals surface area contributed by atoms with Crippen LogP contribution in [0.15, 0.2) is 18.2 Å². The van der Waals surface area contributed by atoms with E-state index in [-0.39, 0.29) is 11.2 Å². The second kappa shape index (κ2) is 7.68. The number of carboxylic acid groups (broad SMARTS) is 1. The topological polar surface area (TPSA) is 57.6 Å². The summed E-state index contributed by atoms with van der Waals surface area (Å²) in [4.78, 5) is 25.4. The summed E-state index contributed by atoms with van der Waals surface area (Å²) in [6.07, 6.45) is 3.07. The minimum atomic E-state index is -0.922. The number of unbranched alkanes of at least 4 members (excludes halogenated alkanes) is 1. The zero-order chi connectivity index (χ0) is 16.1. The van der Waals surface area contributed by atoms with Crippen LogP contribution in [0, 0.1) is 0 Å². The number of hydrogen-bond donors (Lipinski definition) is 1. The van der Waals surface area contributed by atoms with Gasteiger partial charge in [-0.3, -0.25) is 4.79 Å². The first-order valence-corrected chi connectivity index (χ1v) is 8.83. The van der Waals surface area contributed by atoms with Crippen molar-refractivity contribution in [3.63, 3.8) is 0 Å². The lowest BCUT2D eigenvalue weighted by atomic mass is 9.97. The minimum absolute atomic E-state index is 0.0317. The van der Waals surface area contributed by atoms with Crippen LogP contribution in [0.25, 0.3) is 0 Å². The van der Waals surface area contributed by atoms with Crippen molar-refractivity contribution in [1.82, 2.24) is 4.90 Å². The fourth-order valence-corrected chi connectivity index (χ4v) is 3.71. The van der Waals surface area contributed by atoms with Crippen molar-refractivity contribution >= 4 is 23.6 Å². The number of benzene rings is 1. The van der Waals surface area contributed by atoms with Crippen LogP contribution in [0.5, 0.6) is 0 Å². The maximum Gasteiger partial charge on any atom is 0.335 e. The molecule has 0 radical (unpaired) electrons. The molecule has 1 unspecified atom stereocenters. The van der Waals surface area contributed by atoms with Gasteiger partial charge in [0, 0.05) is 13.1 Å². The predicted molar refractivity (Wildman–Crippen MR) is 89.4 cm³/mol. The summed E-state index contributed by atoms with van der Waals surface area (Å²) in [5.41, 5.74) is 2.41. The number of thioether (sulfide) groups is 1. The minimum Gasteiger partial charge on any atom is -0.478 e. The molecule has 1 aliphatic heterocycles. The van der Waals surface area contributed by atoms with Gasteiger partial charge in [0.2, 0.25) is 5.91 Å². The summed E-state index contributed by atoms with van der Waals surface area (Å²) < 4.78 is 0. The van der Waals surface area contributed by atoms with E-state index < -0.39 is 5.97 Å². The molecule has 0 fully saturated rings. The quantitative estimate of drug-likeness (QED) is 0.818. The van der Waals surface area contributed by atoms with Gasteiger partial charge in [-0.1, -0.05) is 19.4 Å². The molecule has 1 aromatic rings. The first kappa shape index (κ1) is 16.9.